The van der Waals surface area contributed by atoms with Crippen LogP contribution >= 0.6 is 11.3 Å². The molecule has 0 radical (unpaired) electrons. The molecule has 1 heterocycles. The van der Waals surface area contributed by atoms with Crippen molar-refractivity contribution >= 4 is 11.3 Å². The van der Waals surface area contributed by atoms with E-state index in [1.54, 1.807) is 23.5 Å². The van der Waals surface area contributed by atoms with Crippen LogP contribution in [-0.2, 0) is 0 Å². The summed E-state index contributed by atoms with van der Waals surface area (Å²) in [5.74, 6) is -0.288. The van der Waals surface area contributed by atoms with E-state index in [1.165, 1.54) is 17.0 Å². The van der Waals surface area contributed by atoms with Gasteiger partial charge in [0.2, 0.25) is 0 Å². The SMILES string of the molecule is CC(NC(C)C(O)c1ccc(F)cc1)c1cccs1. The topological polar surface area (TPSA) is 32.3 Å². The Balaban J connectivity index is 1.99. The number of nitrogens with one attached hydrogen (secondary N) is 1. The molecule has 0 aliphatic heterocycles. The van der Waals surface area contributed by atoms with E-state index in [0.29, 0.717) is 0 Å². The molecule has 0 aliphatic rings. The summed E-state index contributed by atoms with van der Waals surface area (Å²) in [6.45, 7) is 4.00. The highest BCUT2D eigenvalue weighted by Gasteiger charge is 2.19. The Bertz CT molecular complexity index is 497. The normalized spacial score (nSPS) is 16.0. The van der Waals surface area contributed by atoms with E-state index in [1.807, 2.05) is 18.4 Å². The van der Waals surface area contributed by atoms with Gasteiger partial charge in [0.05, 0.1) is 6.10 Å². The van der Waals surface area contributed by atoms with Crippen LogP contribution in [0.4, 0.5) is 4.39 Å². The van der Waals surface area contributed by atoms with Crippen LogP contribution in [0.15, 0.2) is 41.8 Å². The van der Waals surface area contributed by atoms with Crippen molar-refractivity contribution in [2.45, 2.75) is 32.0 Å². The number of aliphatic hydroxyl groups excluding tert-OH is 1. The van der Waals surface area contributed by atoms with Crippen LogP contribution in [0, 0.1) is 5.82 Å². The third kappa shape index (κ3) is 3.62. The predicted molar refractivity (Wildman–Crippen MR) is 76.7 cm³/mol. The third-order valence-corrected chi connectivity index (χ3v) is 4.22. The van der Waals surface area contributed by atoms with E-state index in [4.69, 9.17) is 0 Å². The average Bonchev–Trinajstić information content (AvgIpc) is 2.92. The van der Waals surface area contributed by atoms with Crippen LogP contribution in [0.25, 0.3) is 0 Å². The quantitative estimate of drug-likeness (QED) is 0.875. The number of halogens is 1. The molecule has 0 aliphatic carbocycles. The van der Waals surface area contributed by atoms with Crippen molar-refractivity contribution in [2.24, 2.45) is 0 Å². The second-order valence-electron chi connectivity index (χ2n) is 4.69. The highest BCUT2D eigenvalue weighted by Crippen LogP contribution is 2.22. The van der Waals surface area contributed by atoms with Gasteiger partial charge in [-0.25, -0.2) is 4.39 Å². The Morgan fingerprint density at radius 1 is 1.16 bits per heavy atom. The van der Waals surface area contributed by atoms with Gasteiger partial charge in [0.1, 0.15) is 5.82 Å². The van der Waals surface area contributed by atoms with Gasteiger partial charge in [-0.1, -0.05) is 18.2 Å². The molecule has 2 nitrogen and oxygen atoms in total. The lowest BCUT2D eigenvalue weighted by atomic mass is 10.0. The van der Waals surface area contributed by atoms with Crippen LogP contribution in [0.2, 0.25) is 0 Å². The van der Waals surface area contributed by atoms with E-state index in [9.17, 15) is 9.50 Å². The molecule has 0 spiro atoms. The summed E-state index contributed by atoms with van der Waals surface area (Å²) in [4.78, 5) is 1.23. The molecule has 0 saturated carbocycles. The summed E-state index contributed by atoms with van der Waals surface area (Å²) in [7, 11) is 0. The molecular formula is C15H18FNOS. The van der Waals surface area contributed by atoms with E-state index in [-0.39, 0.29) is 17.9 Å². The van der Waals surface area contributed by atoms with Gasteiger partial charge in [-0.15, -0.1) is 11.3 Å². The molecule has 1 aromatic heterocycles. The molecule has 2 aromatic rings. The molecule has 1 aromatic carbocycles. The number of hydrogen-bond donors (Lipinski definition) is 2. The molecule has 0 amide bonds. The summed E-state index contributed by atoms with van der Waals surface area (Å²) in [6, 6.07) is 10.1. The molecule has 0 saturated heterocycles. The fraction of sp³-hybridized carbons (Fsp3) is 0.333. The molecule has 0 bridgehead atoms. The third-order valence-electron chi connectivity index (χ3n) is 3.17. The van der Waals surface area contributed by atoms with Crippen LogP contribution in [-0.4, -0.2) is 11.1 Å². The molecule has 102 valence electrons. The molecule has 4 heteroatoms. The van der Waals surface area contributed by atoms with Gasteiger partial charge in [0, 0.05) is 17.0 Å². The molecular weight excluding hydrogens is 261 g/mol. The molecule has 3 unspecified atom stereocenters. The molecule has 3 atom stereocenters. The maximum atomic E-state index is 12.9. The zero-order valence-electron chi connectivity index (χ0n) is 11.0. The highest BCUT2D eigenvalue weighted by molar-refractivity contribution is 7.10. The Kier molecular flexibility index (Phi) is 4.69. The first-order valence-corrected chi connectivity index (χ1v) is 7.19. The van der Waals surface area contributed by atoms with Gasteiger partial charge in [-0.05, 0) is 43.0 Å². The summed E-state index contributed by atoms with van der Waals surface area (Å²) in [6.07, 6.45) is -0.650. The first-order chi connectivity index (χ1) is 9.08. The summed E-state index contributed by atoms with van der Waals surface area (Å²) in [5, 5.41) is 15.6. The zero-order chi connectivity index (χ0) is 13.8. The zero-order valence-corrected chi connectivity index (χ0v) is 11.8. The lowest BCUT2D eigenvalue weighted by molar-refractivity contribution is 0.131. The largest absolute Gasteiger partial charge is 0.387 e. The monoisotopic (exact) mass is 279 g/mol. The van der Waals surface area contributed by atoms with Gasteiger partial charge >= 0.3 is 0 Å². The fourth-order valence-corrected chi connectivity index (χ4v) is 2.80. The smallest absolute Gasteiger partial charge is 0.123 e. The number of aliphatic hydroxyl groups is 1. The fourth-order valence-electron chi connectivity index (χ4n) is 2.05. The Morgan fingerprint density at radius 3 is 2.42 bits per heavy atom. The van der Waals surface area contributed by atoms with Gasteiger partial charge in [0.15, 0.2) is 0 Å². The average molecular weight is 279 g/mol. The minimum Gasteiger partial charge on any atom is -0.387 e. The Labute approximate surface area is 116 Å². The molecule has 2 N–H and O–H groups in total. The van der Waals surface area contributed by atoms with Gasteiger partial charge in [-0.3, -0.25) is 0 Å². The summed E-state index contributed by atoms with van der Waals surface area (Å²) in [5.41, 5.74) is 0.722. The number of hydrogen-bond acceptors (Lipinski definition) is 3. The number of rotatable bonds is 5. The molecule has 19 heavy (non-hydrogen) atoms. The van der Waals surface area contributed by atoms with Crippen molar-refractivity contribution in [1.29, 1.82) is 0 Å². The van der Waals surface area contributed by atoms with Crippen molar-refractivity contribution in [3.63, 3.8) is 0 Å². The summed E-state index contributed by atoms with van der Waals surface area (Å²) >= 11 is 1.69. The predicted octanol–water partition coefficient (Wildman–Crippen LogP) is 3.66. The van der Waals surface area contributed by atoms with E-state index in [0.717, 1.165) is 5.56 Å². The molecule has 2 rings (SSSR count). The van der Waals surface area contributed by atoms with Gasteiger partial charge in [0.25, 0.3) is 0 Å². The maximum Gasteiger partial charge on any atom is 0.123 e. The second-order valence-corrected chi connectivity index (χ2v) is 5.67. The first kappa shape index (κ1) is 14.2. The minimum atomic E-state index is -0.650. The van der Waals surface area contributed by atoms with Crippen LogP contribution < -0.4 is 5.32 Å². The standard InChI is InChI=1S/C15H18FNOS/c1-10(14-4-3-9-19-14)17-11(2)15(18)12-5-7-13(16)8-6-12/h3-11,15,17-18H,1-2H3. The van der Waals surface area contributed by atoms with E-state index in [2.05, 4.69) is 18.3 Å². The lowest BCUT2D eigenvalue weighted by Crippen LogP contribution is -2.33. The summed E-state index contributed by atoms with van der Waals surface area (Å²) < 4.78 is 12.9. The van der Waals surface area contributed by atoms with Crippen LogP contribution in [0.5, 0.6) is 0 Å². The first-order valence-electron chi connectivity index (χ1n) is 6.31. The van der Waals surface area contributed by atoms with Crippen LogP contribution in [0.1, 0.15) is 36.4 Å². The van der Waals surface area contributed by atoms with Gasteiger partial charge in [-0.2, -0.15) is 0 Å². The van der Waals surface area contributed by atoms with Crippen molar-refractivity contribution < 1.29 is 9.50 Å². The van der Waals surface area contributed by atoms with E-state index >= 15 is 0 Å². The minimum absolute atomic E-state index is 0.109. The number of benzene rings is 1. The Hall–Kier alpha value is -1.23. The van der Waals surface area contributed by atoms with Gasteiger partial charge < -0.3 is 10.4 Å². The number of thiophene rings is 1. The van der Waals surface area contributed by atoms with Crippen molar-refractivity contribution in [3.05, 3.63) is 58.0 Å². The molecule has 0 fully saturated rings. The van der Waals surface area contributed by atoms with Crippen molar-refractivity contribution in [1.82, 2.24) is 5.32 Å². The Morgan fingerprint density at radius 2 is 1.84 bits per heavy atom. The lowest BCUT2D eigenvalue weighted by Gasteiger charge is -2.24. The van der Waals surface area contributed by atoms with E-state index < -0.39 is 6.10 Å². The van der Waals surface area contributed by atoms with Crippen LogP contribution in [0.3, 0.4) is 0 Å². The van der Waals surface area contributed by atoms with Crippen molar-refractivity contribution in [3.8, 4) is 0 Å². The maximum absolute atomic E-state index is 12.9. The second kappa shape index (κ2) is 6.28. The highest BCUT2D eigenvalue weighted by atomic mass is 32.1. The van der Waals surface area contributed by atoms with Crippen molar-refractivity contribution in [2.75, 3.05) is 0 Å².